The number of alkyl halides is 3. The Labute approximate surface area is 170 Å². The molecular formula is C15H15F3N4O5S2. The van der Waals surface area contributed by atoms with Crippen LogP contribution in [0.2, 0.25) is 0 Å². The standard InChI is InChI=1S/C13H14N4O3S2.C2HF3O2/c1-5-15-16-13(22-5)21-4-7-6-2-3-14-8-9(6)17(11(8)18)10(7)12(19)20;3-2(4,5)1(6)7/h6,8-9,14H,2-4H2,1H3,(H,19,20);(H,6,7)/t6?,8-,9+;/m0./s1. The Kier molecular flexibility index (Phi) is 5.87. The van der Waals surface area contributed by atoms with Crippen molar-refractivity contribution in [1.82, 2.24) is 20.4 Å². The van der Waals surface area contributed by atoms with Gasteiger partial charge in [0.1, 0.15) is 16.7 Å². The average Bonchev–Trinajstić information content (AvgIpc) is 3.19. The summed E-state index contributed by atoms with van der Waals surface area (Å²) in [5.41, 5.74) is 1.06. The molecule has 1 aromatic heterocycles. The van der Waals surface area contributed by atoms with E-state index in [1.807, 2.05) is 6.92 Å². The van der Waals surface area contributed by atoms with Gasteiger partial charge in [-0.3, -0.25) is 9.69 Å². The van der Waals surface area contributed by atoms with E-state index in [2.05, 4.69) is 15.5 Å². The van der Waals surface area contributed by atoms with Crippen LogP contribution in [-0.4, -0.2) is 73.7 Å². The number of halogens is 3. The number of amides is 1. The Bertz CT molecular complexity index is 888. The van der Waals surface area contributed by atoms with Crippen LogP contribution >= 0.6 is 23.1 Å². The normalized spacial score (nSPS) is 25.2. The van der Waals surface area contributed by atoms with E-state index in [1.165, 1.54) is 28.0 Å². The molecule has 1 amide bonds. The molecular weight excluding hydrogens is 437 g/mol. The van der Waals surface area contributed by atoms with E-state index < -0.39 is 18.1 Å². The summed E-state index contributed by atoms with van der Waals surface area (Å²) in [7, 11) is 0. The monoisotopic (exact) mass is 452 g/mol. The second kappa shape index (κ2) is 7.91. The summed E-state index contributed by atoms with van der Waals surface area (Å²) in [6, 6.07) is -0.224. The molecule has 0 radical (unpaired) electrons. The number of aryl methyl sites for hydroxylation is 1. The van der Waals surface area contributed by atoms with E-state index in [-0.39, 0.29) is 29.6 Å². The Balaban J connectivity index is 0.000000298. The van der Waals surface area contributed by atoms with E-state index in [4.69, 9.17) is 9.90 Å². The van der Waals surface area contributed by atoms with Crippen LogP contribution in [0.15, 0.2) is 15.6 Å². The zero-order valence-electron chi connectivity index (χ0n) is 14.8. The molecule has 1 aromatic rings. The fraction of sp³-hybridized carbons (Fsp3) is 0.533. The maximum Gasteiger partial charge on any atom is 0.490 e. The summed E-state index contributed by atoms with van der Waals surface area (Å²) < 4.78 is 32.6. The molecule has 3 N–H and O–H groups in total. The summed E-state index contributed by atoms with van der Waals surface area (Å²) in [5.74, 6) is -3.18. The first-order chi connectivity index (χ1) is 13.5. The Morgan fingerprint density at radius 1 is 1.34 bits per heavy atom. The minimum Gasteiger partial charge on any atom is -0.477 e. The molecule has 158 valence electrons. The van der Waals surface area contributed by atoms with Gasteiger partial charge in [0.05, 0.1) is 6.04 Å². The molecule has 2 saturated heterocycles. The maximum absolute atomic E-state index is 12.1. The minimum atomic E-state index is -5.08. The topological polar surface area (TPSA) is 133 Å². The lowest BCUT2D eigenvalue weighted by molar-refractivity contribution is -0.192. The van der Waals surface area contributed by atoms with E-state index in [1.54, 1.807) is 0 Å². The number of β-lactam (4-membered cyclic amide) rings is 1. The Morgan fingerprint density at radius 2 is 2.00 bits per heavy atom. The third-order valence-corrected chi connectivity index (χ3v) is 6.69. The zero-order valence-corrected chi connectivity index (χ0v) is 16.4. The number of carboxylic acids is 2. The number of hydrogen-bond donors (Lipinski definition) is 3. The van der Waals surface area contributed by atoms with Crippen LogP contribution in [0.25, 0.3) is 0 Å². The molecule has 3 aliphatic rings. The van der Waals surface area contributed by atoms with Gasteiger partial charge in [-0.15, -0.1) is 10.2 Å². The summed E-state index contributed by atoms with van der Waals surface area (Å²) >= 11 is 3.00. The molecule has 0 aliphatic carbocycles. The molecule has 0 aromatic carbocycles. The van der Waals surface area contributed by atoms with Crippen LogP contribution in [-0.2, 0) is 14.4 Å². The predicted molar refractivity (Wildman–Crippen MR) is 94.3 cm³/mol. The Morgan fingerprint density at radius 3 is 2.52 bits per heavy atom. The Hall–Kier alpha value is -2.19. The maximum atomic E-state index is 12.1. The van der Waals surface area contributed by atoms with Crippen LogP contribution in [0, 0.1) is 12.8 Å². The summed E-state index contributed by atoms with van der Waals surface area (Å²) in [6.45, 7) is 2.64. The largest absolute Gasteiger partial charge is 0.490 e. The summed E-state index contributed by atoms with van der Waals surface area (Å²) in [5, 5.41) is 28.8. The molecule has 0 spiro atoms. The fourth-order valence-electron chi connectivity index (χ4n) is 3.56. The summed E-state index contributed by atoms with van der Waals surface area (Å²) in [6.07, 6.45) is -4.22. The molecule has 4 rings (SSSR count). The zero-order chi connectivity index (χ0) is 21.5. The summed E-state index contributed by atoms with van der Waals surface area (Å²) in [4.78, 5) is 34.1. The van der Waals surface area contributed by atoms with Crippen molar-refractivity contribution in [3.63, 3.8) is 0 Å². The number of carbonyl (C=O) groups excluding carboxylic acids is 1. The van der Waals surface area contributed by atoms with Crippen molar-refractivity contribution in [3.8, 4) is 0 Å². The van der Waals surface area contributed by atoms with Gasteiger partial charge >= 0.3 is 18.1 Å². The highest BCUT2D eigenvalue weighted by Gasteiger charge is 2.60. The van der Waals surface area contributed by atoms with Gasteiger partial charge < -0.3 is 15.5 Å². The lowest BCUT2D eigenvalue weighted by atomic mass is 9.80. The number of thioether (sulfide) groups is 1. The number of aliphatic carboxylic acids is 2. The number of piperidine rings is 1. The van der Waals surface area contributed by atoms with Gasteiger partial charge in [0.15, 0.2) is 4.34 Å². The van der Waals surface area contributed by atoms with E-state index in [9.17, 15) is 27.9 Å². The van der Waals surface area contributed by atoms with Crippen molar-refractivity contribution in [2.24, 2.45) is 5.92 Å². The van der Waals surface area contributed by atoms with Crippen LogP contribution in [0.5, 0.6) is 0 Å². The highest BCUT2D eigenvalue weighted by molar-refractivity contribution is 8.01. The molecule has 3 aliphatic heterocycles. The highest BCUT2D eigenvalue weighted by Crippen LogP contribution is 2.47. The molecule has 0 bridgehead atoms. The second-order valence-electron chi connectivity index (χ2n) is 6.38. The van der Waals surface area contributed by atoms with Crippen LogP contribution < -0.4 is 5.32 Å². The van der Waals surface area contributed by atoms with Crippen molar-refractivity contribution in [3.05, 3.63) is 16.3 Å². The van der Waals surface area contributed by atoms with E-state index >= 15 is 0 Å². The average molecular weight is 452 g/mol. The first-order valence-corrected chi connectivity index (χ1v) is 10.1. The first-order valence-electron chi connectivity index (χ1n) is 8.28. The number of nitrogens with zero attached hydrogens (tertiary/aromatic N) is 3. The molecule has 2 fully saturated rings. The number of carbonyl (C=O) groups is 3. The van der Waals surface area contributed by atoms with Gasteiger partial charge in [-0.2, -0.15) is 13.2 Å². The third-order valence-electron chi connectivity index (χ3n) is 4.67. The highest BCUT2D eigenvalue weighted by atomic mass is 32.2. The molecule has 0 saturated carbocycles. The van der Waals surface area contributed by atoms with Crippen molar-refractivity contribution in [2.45, 2.75) is 35.9 Å². The van der Waals surface area contributed by atoms with Crippen LogP contribution in [0.4, 0.5) is 13.2 Å². The number of aromatic nitrogens is 2. The molecule has 4 heterocycles. The minimum absolute atomic E-state index is 0.0147. The quantitative estimate of drug-likeness (QED) is 0.454. The van der Waals surface area contributed by atoms with Crippen molar-refractivity contribution < 1.29 is 37.8 Å². The predicted octanol–water partition coefficient (Wildman–Crippen LogP) is 1.11. The van der Waals surface area contributed by atoms with Crippen molar-refractivity contribution in [2.75, 3.05) is 12.3 Å². The van der Waals surface area contributed by atoms with Crippen molar-refractivity contribution in [1.29, 1.82) is 0 Å². The molecule has 1 unspecified atom stereocenters. The van der Waals surface area contributed by atoms with Gasteiger partial charge in [-0.05, 0) is 25.5 Å². The number of rotatable bonds is 4. The van der Waals surface area contributed by atoms with E-state index in [0.717, 1.165) is 27.9 Å². The lowest BCUT2D eigenvalue weighted by Crippen LogP contribution is -2.71. The SMILES string of the molecule is Cc1nnc(SCC2=C(C(=O)O)N3C(=O)[C@H]4NCCC2[C@H]43)s1.O=C(O)C(F)(F)F. The van der Waals surface area contributed by atoms with Gasteiger partial charge in [-0.1, -0.05) is 23.1 Å². The smallest absolute Gasteiger partial charge is 0.477 e. The molecule has 9 nitrogen and oxygen atoms in total. The van der Waals surface area contributed by atoms with Crippen LogP contribution in [0.1, 0.15) is 11.4 Å². The third kappa shape index (κ3) is 4.09. The van der Waals surface area contributed by atoms with E-state index in [0.29, 0.717) is 5.75 Å². The number of hydrogen-bond acceptors (Lipinski definition) is 8. The number of carboxylic acid groups (broad SMARTS) is 2. The molecule has 29 heavy (non-hydrogen) atoms. The first kappa shape index (κ1) is 21.5. The molecule has 14 heteroatoms. The molecule has 3 atom stereocenters. The second-order valence-corrected chi connectivity index (χ2v) is 8.79. The van der Waals surface area contributed by atoms with Crippen molar-refractivity contribution >= 4 is 40.9 Å². The van der Waals surface area contributed by atoms with Gasteiger partial charge in [0, 0.05) is 11.7 Å². The van der Waals surface area contributed by atoms with Crippen LogP contribution in [0.3, 0.4) is 0 Å². The lowest BCUT2D eigenvalue weighted by Gasteiger charge is -2.48. The van der Waals surface area contributed by atoms with Gasteiger partial charge in [0.25, 0.3) is 0 Å². The fourth-order valence-corrected chi connectivity index (χ4v) is 5.48. The van der Waals surface area contributed by atoms with Gasteiger partial charge in [0.2, 0.25) is 5.91 Å². The number of nitrogens with one attached hydrogen (secondary N) is 1. The van der Waals surface area contributed by atoms with Gasteiger partial charge in [-0.25, -0.2) is 9.59 Å².